The first kappa shape index (κ1) is 18.9. The number of aromatic nitrogens is 1. The van der Waals surface area contributed by atoms with Gasteiger partial charge in [0.2, 0.25) is 5.91 Å². The molecule has 1 aromatic carbocycles. The molecule has 0 bridgehead atoms. The Bertz CT molecular complexity index is 833. The van der Waals surface area contributed by atoms with E-state index in [1.807, 2.05) is 18.3 Å². The smallest absolute Gasteiger partial charge is 0.230 e. The average molecular weight is 376 g/mol. The number of pyridine rings is 1. The van der Waals surface area contributed by atoms with Crippen molar-refractivity contribution in [2.24, 2.45) is 5.41 Å². The van der Waals surface area contributed by atoms with Crippen molar-refractivity contribution in [3.63, 3.8) is 0 Å². The number of amides is 1. The highest BCUT2D eigenvalue weighted by Gasteiger charge is 2.48. The van der Waals surface area contributed by atoms with Crippen LogP contribution in [0.2, 0.25) is 0 Å². The average Bonchev–Trinajstić information content (AvgIpc) is 3.10. The van der Waals surface area contributed by atoms with E-state index in [4.69, 9.17) is 0 Å². The fraction of sp³-hybridized carbons (Fsp3) is 0.417. The largest absolute Gasteiger partial charge is 0.338 e. The van der Waals surface area contributed by atoms with Crippen molar-refractivity contribution < 1.29 is 4.79 Å². The Kier molecular flexibility index (Phi) is 5.58. The summed E-state index contributed by atoms with van der Waals surface area (Å²) in [6.07, 6.45) is 9.00. The third kappa shape index (κ3) is 4.17. The summed E-state index contributed by atoms with van der Waals surface area (Å²) in [4.78, 5) is 22.0. The minimum atomic E-state index is -0.187. The van der Waals surface area contributed by atoms with Crippen molar-refractivity contribution in [2.75, 3.05) is 26.2 Å². The summed E-state index contributed by atoms with van der Waals surface area (Å²) in [6, 6.07) is 14.5. The van der Waals surface area contributed by atoms with Gasteiger partial charge in [0.1, 0.15) is 0 Å². The molecule has 4 nitrogen and oxygen atoms in total. The van der Waals surface area contributed by atoms with E-state index in [1.54, 1.807) is 6.20 Å². The van der Waals surface area contributed by atoms with Crippen molar-refractivity contribution >= 4 is 12.0 Å². The van der Waals surface area contributed by atoms with Crippen molar-refractivity contribution in [1.29, 1.82) is 0 Å². The zero-order valence-corrected chi connectivity index (χ0v) is 16.7. The lowest BCUT2D eigenvalue weighted by molar-refractivity contribution is -0.146. The van der Waals surface area contributed by atoms with Crippen LogP contribution in [0.3, 0.4) is 0 Å². The highest BCUT2D eigenvalue weighted by atomic mass is 16.2. The van der Waals surface area contributed by atoms with Gasteiger partial charge in [0.15, 0.2) is 0 Å². The predicted octanol–water partition coefficient (Wildman–Crippen LogP) is 4.00. The van der Waals surface area contributed by atoms with Crippen molar-refractivity contribution in [3.8, 4) is 0 Å². The lowest BCUT2D eigenvalue weighted by atomic mass is 9.78. The molecule has 1 aromatic heterocycles. The number of rotatable bonds is 5. The van der Waals surface area contributed by atoms with E-state index in [9.17, 15) is 4.79 Å². The summed E-state index contributed by atoms with van der Waals surface area (Å²) in [7, 11) is 0. The molecule has 2 aliphatic heterocycles. The fourth-order valence-corrected chi connectivity index (χ4v) is 4.72. The second-order valence-corrected chi connectivity index (χ2v) is 8.33. The topological polar surface area (TPSA) is 36.4 Å². The molecule has 0 N–H and O–H groups in total. The number of benzene rings is 1. The SMILES string of the molecule is C/C(=C\c1ccccc1)CN1CCC2(CCCN(Cc3cccnc3)C2=O)C1. The van der Waals surface area contributed by atoms with Crippen molar-refractivity contribution in [3.05, 3.63) is 71.6 Å². The lowest BCUT2D eigenvalue weighted by Crippen LogP contribution is -2.49. The molecule has 0 saturated carbocycles. The number of nitrogens with zero attached hydrogens (tertiary/aromatic N) is 3. The van der Waals surface area contributed by atoms with E-state index < -0.39 is 0 Å². The third-order valence-corrected chi connectivity index (χ3v) is 6.04. The summed E-state index contributed by atoms with van der Waals surface area (Å²) >= 11 is 0. The van der Waals surface area contributed by atoms with Gasteiger partial charge < -0.3 is 4.90 Å². The van der Waals surface area contributed by atoms with Crippen LogP contribution in [-0.4, -0.2) is 46.9 Å². The number of carbonyl (C=O) groups excluding carboxylic acids is 1. The van der Waals surface area contributed by atoms with Gasteiger partial charge in [-0.05, 0) is 49.9 Å². The lowest BCUT2D eigenvalue weighted by Gasteiger charge is -2.39. The van der Waals surface area contributed by atoms with Crippen molar-refractivity contribution in [2.45, 2.75) is 32.7 Å². The molecule has 1 spiro atoms. The second-order valence-electron chi connectivity index (χ2n) is 8.33. The summed E-state index contributed by atoms with van der Waals surface area (Å²) in [6.45, 7) is 6.56. The summed E-state index contributed by atoms with van der Waals surface area (Å²) in [5.41, 5.74) is 3.52. The molecule has 3 heterocycles. The van der Waals surface area contributed by atoms with Crippen LogP contribution in [-0.2, 0) is 11.3 Å². The highest BCUT2D eigenvalue weighted by Crippen LogP contribution is 2.40. The van der Waals surface area contributed by atoms with E-state index in [1.165, 1.54) is 11.1 Å². The molecule has 4 heteroatoms. The molecule has 1 unspecified atom stereocenters. The monoisotopic (exact) mass is 375 g/mol. The summed E-state index contributed by atoms with van der Waals surface area (Å²) < 4.78 is 0. The highest BCUT2D eigenvalue weighted by molar-refractivity contribution is 5.84. The Labute approximate surface area is 167 Å². The Hall–Kier alpha value is -2.46. The van der Waals surface area contributed by atoms with Gasteiger partial charge in [-0.1, -0.05) is 48.0 Å². The molecule has 2 saturated heterocycles. The fourth-order valence-electron chi connectivity index (χ4n) is 4.72. The summed E-state index contributed by atoms with van der Waals surface area (Å²) in [5.74, 6) is 0.342. The van der Waals surface area contributed by atoms with E-state index in [2.05, 4.69) is 58.1 Å². The minimum Gasteiger partial charge on any atom is -0.338 e. The number of carbonyl (C=O) groups is 1. The third-order valence-electron chi connectivity index (χ3n) is 6.04. The van der Waals surface area contributed by atoms with Gasteiger partial charge in [-0.3, -0.25) is 14.7 Å². The van der Waals surface area contributed by atoms with Gasteiger partial charge in [-0.15, -0.1) is 0 Å². The summed E-state index contributed by atoms with van der Waals surface area (Å²) in [5, 5.41) is 0. The normalized spacial score (nSPS) is 23.5. The van der Waals surface area contributed by atoms with Gasteiger partial charge in [0.05, 0.1) is 5.41 Å². The van der Waals surface area contributed by atoms with Crippen LogP contribution in [0.15, 0.2) is 60.4 Å². The number of hydrogen-bond donors (Lipinski definition) is 0. The number of piperidine rings is 1. The molecule has 2 aliphatic rings. The first-order valence-corrected chi connectivity index (χ1v) is 10.3. The second kappa shape index (κ2) is 8.27. The Morgan fingerprint density at radius 3 is 2.79 bits per heavy atom. The van der Waals surface area contributed by atoms with Gasteiger partial charge in [-0.2, -0.15) is 0 Å². The van der Waals surface area contributed by atoms with Crippen LogP contribution in [0, 0.1) is 5.41 Å². The standard InChI is InChI=1S/C24H29N3O/c1-20(15-21-7-3-2-4-8-21)17-26-14-11-24(19-26)10-6-13-27(23(24)28)18-22-9-5-12-25-16-22/h2-5,7-9,12,15-16H,6,10-11,13-14,17-19H2,1H3/b20-15+. The molecule has 2 aromatic rings. The maximum Gasteiger partial charge on any atom is 0.230 e. The Balaban J connectivity index is 1.40. The molecule has 2 fully saturated rings. The van der Waals surface area contributed by atoms with Crippen LogP contribution < -0.4 is 0 Å². The first-order chi connectivity index (χ1) is 13.6. The quantitative estimate of drug-likeness (QED) is 0.793. The molecule has 146 valence electrons. The van der Waals surface area contributed by atoms with Gasteiger partial charge >= 0.3 is 0 Å². The van der Waals surface area contributed by atoms with Crippen LogP contribution in [0.25, 0.3) is 6.08 Å². The number of likely N-dealkylation sites (tertiary alicyclic amines) is 2. The van der Waals surface area contributed by atoms with Crippen molar-refractivity contribution in [1.82, 2.24) is 14.8 Å². The van der Waals surface area contributed by atoms with Gasteiger partial charge in [-0.25, -0.2) is 0 Å². The van der Waals surface area contributed by atoms with Crippen LogP contribution >= 0.6 is 0 Å². The van der Waals surface area contributed by atoms with Crippen LogP contribution in [0.5, 0.6) is 0 Å². The first-order valence-electron chi connectivity index (χ1n) is 10.3. The maximum atomic E-state index is 13.3. The molecular formula is C24H29N3O. The van der Waals surface area contributed by atoms with E-state index in [-0.39, 0.29) is 5.41 Å². The molecule has 0 aliphatic carbocycles. The van der Waals surface area contributed by atoms with Crippen LogP contribution in [0.4, 0.5) is 0 Å². The van der Waals surface area contributed by atoms with Crippen LogP contribution in [0.1, 0.15) is 37.3 Å². The molecule has 4 rings (SSSR count). The Morgan fingerprint density at radius 1 is 1.14 bits per heavy atom. The zero-order valence-electron chi connectivity index (χ0n) is 16.7. The molecule has 1 atom stereocenters. The Morgan fingerprint density at radius 2 is 2.00 bits per heavy atom. The van der Waals surface area contributed by atoms with E-state index in [0.717, 1.165) is 51.0 Å². The molecule has 0 radical (unpaired) electrons. The molecular weight excluding hydrogens is 346 g/mol. The van der Waals surface area contributed by atoms with Gasteiger partial charge in [0.25, 0.3) is 0 Å². The predicted molar refractivity (Wildman–Crippen MR) is 112 cm³/mol. The molecule has 1 amide bonds. The van der Waals surface area contributed by atoms with E-state index in [0.29, 0.717) is 12.5 Å². The molecule has 28 heavy (non-hydrogen) atoms. The van der Waals surface area contributed by atoms with E-state index >= 15 is 0 Å². The minimum absolute atomic E-state index is 0.187. The number of hydrogen-bond acceptors (Lipinski definition) is 3. The maximum absolute atomic E-state index is 13.3. The zero-order chi connectivity index (χ0) is 19.4. The van der Waals surface area contributed by atoms with Gasteiger partial charge in [0, 0.05) is 38.6 Å².